The normalized spacial score (nSPS) is 22.5. The molecule has 1 aromatic heterocycles. The van der Waals surface area contributed by atoms with E-state index in [1.54, 1.807) is 33.9 Å². The predicted molar refractivity (Wildman–Crippen MR) is 516 cm³/mol. The molecule has 676 valence electrons. The first-order valence-corrected chi connectivity index (χ1v) is 48.5. The molecular formula is C104H144F3N19. The zero-order valence-electron chi connectivity index (χ0n) is 76.5. The number of aromatic nitrogens is 1. The van der Waals surface area contributed by atoms with Crippen LogP contribution < -0.4 is 71.1 Å². The van der Waals surface area contributed by atoms with Crippen LogP contribution in [0.3, 0.4) is 0 Å². The molecule has 12 aliphatic heterocycles. The summed E-state index contributed by atoms with van der Waals surface area (Å²) < 4.78 is 38.8. The number of rotatable bonds is 11. The molecule has 19 nitrogen and oxygen atoms in total. The Kier molecular flexibility index (Phi) is 30.1. The van der Waals surface area contributed by atoms with Crippen LogP contribution in [0.25, 0.3) is 0 Å². The second kappa shape index (κ2) is 42.4. The van der Waals surface area contributed by atoms with Gasteiger partial charge in [0.25, 0.3) is 0 Å². The van der Waals surface area contributed by atoms with Crippen LogP contribution in [-0.4, -0.2) is 245 Å². The van der Waals surface area contributed by atoms with Crippen molar-refractivity contribution in [3.63, 3.8) is 0 Å². The Morgan fingerprint density at radius 3 is 0.992 bits per heavy atom. The summed E-state index contributed by atoms with van der Waals surface area (Å²) in [5.41, 5.74) is 26.9. The van der Waals surface area contributed by atoms with E-state index in [4.69, 9.17) is 0 Å². The molecule has 6 N–H and O–H groups in total. The molecule has 8 fully saturated rings. The minimum atomic E-state index is -4.30. The van der Waals surface area contributed by atoms with Gasteiger partial charge >= 0.3 is 6.18 Å². The average molecular weight is 1720 g/mol. The average Bonchev–Trinajstić information content (AvgIpc) is 1.04. The van der Waals surface area contributed by atoms with Crippen LogP contribution in [0.4, 0.5) is 58.8 Å². The molecule has 6 saturated heterocycles. The number of alkyl halides is 3. The number of halogens is 3. The molecule has 22 rings (SSSR count). The van der Waals surface area contributed by atoms with Crippen LogP contribution in [0, 0.1) is 0 Å². The van der Waals surface area contributed by atoms with Gasteiger partial charge in [-0.15, -0.1) is 0 Å². The van der Waals surface area contributed by atoms with E-state index in [2.05, 4.69) is 254 Å². The molecular weight excluding hydrogens is 1570 g/mol. The fourth-order valence-electron chi connectivity index (χ4n) is 22.1. The highest BCUT2D eigenvalue weighted by Gasteiger charge is 2.37. The Morgan fingerprint density at radius 1 is 0.333 bits per heavy atom. The van der Waals surface area contributed by atoms with E-state index in [-0.39, 0.29) is 0 Å². The standard InChI is InChI=1S/C20H22F3N3.C18H22N4.C17H25N3.C17H27N3.C16H23N3.C16H25N3/c21-20(22,23)16-4-2-5-17(13-16)25-9-11-26(12-10-25)19-6-1-3-15-14-24-8-7-18(15)19;1-2-8-20-18(6-1)22-12-10-21(11-13-22)17-5-3-4-15-14-19-9-7-16(15)17;1-3-14-13-18-8-7-16(14)17(6-1)20-11-9-19(10-12-20)15-4-2-5-15;1-13(2)20-10-9-19(12-14(20)3)17-6-4-5-15-11-18-8-7-16(15)17;1-2-13-12-17-7-6-15(13)16(3-1)19-10-8-18(9-11-19)14-4-5-14;1-12-10-19(11-13(2)18(12)3)16-6-4-5-14-9-17-8-7-15(14)16/h1-6,13,24H,7-12,14H2;1-6,8,19H,7,9-14H2;1,3,6,15,18H,2,4-5,7-13H2;4-6,13-14,18H,7-12H2,1-3H3;1-3,14,17H,4-12H2;4-6,12-13,17H,7-11H2,1-3H3. The molecule has 3 atom stereocenters. The number of likely N-dealkylation sites (N-methyl/N-ethyl adjacent to an activating group) is 1. The smallest absolute Gasteiger partial charge is 0.369 e. The number of nitrogens with zero attached hydrogens (tertiary/aromatic N) is 13. The third-order valence-electron chi connectivity index (χ3n) is 29.8. The Morgan fingerprint density at radius 2 is 0.659 bits per heavy atom. The summed E-state index contributed by atoms with van der Waals surface area (Å²) >= 11 is 0. The maximum absolute atomic E-state index is 12.9. The summed E-state index contributed by atoms with van der Waals surface area (Å²) in [4.78, 5) is 34.8. The number of fused-ring (bicyclic) bond motifs is 6. The molecule has 0 radical (unpaired) electrons. The van der Waals surface area contributed by atoms with Crippen molar-refractivity contribution in [2.24, 2.45) is 0 Å². The Hall–Kier alpha value is -8.52. The number of hydrogen-bond donors (Lipinski definition) is 6. The van der Waals surface area contributed by atoms with Gasteiger partial charge in [-0.05, 0) is 279 Å². The first kappa shape index (κ1) is 89.5. The number of nitrogens with one attached hydrogen (secondary N) is 6. The molecule has 13 heterocycles. The van der Waals surface area contributed by atoms with Gasteiger partial charge in [0.2, 0.25) is 0 Å². The third kappa shape index (κ3) is 21.8. The largest absolute Gasteiger partial charge is 0.416 e. The number of benzene rings is 7. The minimum Gasteiger partial charge on any atom is -0.369 e. The van der Waals surface area contributed by atoms with E-state index in [1.165, 1.54) is 202 Å². The number of pyridine rings is 1. The topological polar surface area (TPSA) is 124 Å². The lowest BCUT2D eigenvalue weighted by molar-refractivity contribution is -0.137. The van der Waals surface area contributed by atoms with E-state index in [9.17, 15) is 13.2 Å². The van der Waals surface area contributed by atoms with Gasteiger partial charge in [0.15, 0.2) is 0 Å². The van der Waals surface area contributed by atoms with E-state index >= 15 is 0 Å². The SMILES string of the molecule is CC(C)N1CCN(c2cccc3c2CCNC3)CC1C.CC1CN(c2cccc3c2CCNC3)CC(C)N1C.FC(F)(F)c1cccc(N2CCN(c3cccc4c3CCNC4)CC2)c1.c1cc2c(c(N3CCN(C4CC4)CC3)c1)CCNC2.c1cc2c(c(N3CCN(C4CCC4)CC3)c1)CCNC2.c1ccc(N2CCN(c3cccc4c3CCNC4)CC2)nc1. The Labute approximate surface area is 751 Å². The van der Waals surface area contributed by atoms with Crippen LogP contribution >= 0.6 is 0 Å². The molecule has 7 aromatic carbocycles. The molecule has 8 aromatic rings. The first-order valence-electron chi connectivity index (χ1n) is 48.5. The van der Waals surface area contributed by atoms with Crippen molar-refractivity contribution < 1.29 is 13.2 Å². The van der Waals surface area contributed by atoms with Gasteiger partial charge in [0.05, 0.1) is 5.56 Å². The van der Waals surface area contributed by atoms with Gasteiger partial charge in [-0.2, -0.15) is 13.2 Å². The van der Waals surface area contributed by atoms with E-state index in [0.29, 0.717) is 29.9 Å². The maximum atomic E-state index is 12.9. The number of hydrogen-bond acceptors (Lipinski definition) is 19. The lowest BCUT2D eigenvalue weighted by Crippen LogP contribution is -2.55. The molecule has 2 saturated carbocycles. The monoisotopic (exact) mass is 1720 g/mol. The van der Waals surface area contributed by atoms with Crippen molar-refractivity contribution in [1.29, 1.82) is 0 Å². The lowest BCUT2D eigenvalue weighted by Gasteiger charge is -2.44. The maximum Gasteiger partial charge on any atom is 0.416 e. The summed E-state index contributed by atoms with van der Waals surface area (Å²) in [6.07, 6.45) is 11.7. The summed E-state index contributed by atoms with van der Waals surface area (Å²) in [5.74, 6) is 1.10. The van der Waals surface area contributed by atoms with Crippen molar-refractivity contribution in [3.05, 3.63) is 230 Å². The van der Waals surface area contributed by atoms with Gasteiger partial charge in [0.1, 0.15) is 5.82 Å². The van der Waals surface area contributed by atoms with Gasteiger partial charge in [-0.1, -0.05) is 91.3 Å². The second-order valence-electron chi connectivity index (χ2n) is 38.0. The third-order valence-corrected chi connectivity index (χ3v) is 29.8. The predicted octanol–water partition coefficient (Wildman–Crippen LogP) is 13.5. The molecule has 0 spiro atoms. The fraction of sp³-hybridized carbons (Fsp3) is 0.548. The van der Waals surface area contributed by atoms with Crippen LogP contribution in [0.15, 0.2) is 158 Å². The fourth-order valence-corrected chi connectivity index (χ4v) is 22.1. The number of piperazine rings is 6. The van der Waals surface area contributed by atoms with Crippen LogP contribution in [0.5, 0.6) is 0 Å². The highest BCUT2D eigenvalue weighted by atomic mass is 19.4. The van der Waals surface area contributed by atoms with Gasteiger partial charge in [0, 0.05) is 259 Å². The van der Waals surface area contributed by atoms with E-state index in [1.807, 2.05) is 17.2 Å². The van der Waals surface area contributed by atoms with Crippen LogP contribution in [0.1, 0.15) is 139 Å². The summed E-state index contributed by atoms with van der Waals surface area (Å²) in [6.45, 7) is 47.3. The van der Waals surface area contributed by atoms with Crippen molar-refractivity contribution in [2.45, 2.75) is 187 Å². The highest BCUT2D eigenvalue weighted by Crippen LogP contribution is 2.39. The van der Waals surface area contributed by atoms with Gasteiger partial charge < -0.3 is 71.1 Å². The van der Waals surface area contributed by atoms with Crippen LogP contribution in [-0.2, 0) is 84.0 Å². The molecule has 2 aliphatic carbocycles. The van der Waals surface area contributed by atoms with Crippen molar-refractivity contribution in [1.82, 2.24) is 56.5 Å². The summed E-state index contributed by atoms with van der Waals surface area (Å²) in [5, 5.41) is 20.8. The van der Waals surface area contributed by atoms with Gasteiger partial charge in [-0.3, -0.25) is 19.6 Å². The number of anilines is 8. The molecule has 3 unspecified atom stereocenters. The first-order chi connectivity index (χ1) is 61.6. The van der Waals surface area contributed by atoms with Crippen molar-refractivity contribution in [2.75, 3.05) is 223 Å². The van der Waals surface area contributed by atoms with Crippen molar-refractivity contribution in [3.8, 4) is 0 Å². The second-order valence-corrected chi connectivity index (χ2v) is 38.0. The Balaban J connectivity index is 0.000000107. The molecule has 22 heteroatoms. The molecule has 0 bridgehead atoms. The van der Waals surface area contributed by atoms with Gasteiger partial charge in [-0.25, -0.2) is 4.98 Å². The lowest BCUT2D eigenvalue weighted by atomic mass is 9.91. The van der Waals surface area contributed by atoms with E-state index < -0.39 is 11.7 Å². The van der Waals surface area contributed by atoms with E-state index in [0.717, 1.165) is 194 Å². The Bertz CT molecular complexity index is 4800. The quantitative estimate of drug-likeness (QED) is 0.0735. The zero-order chi connectivity index (χ0) is 86.5. The summed E-state index contributed by atoms with van der Waals surface area (Å²) in [7, 11) is 2.25. The highest BCUT2D eigenvalue weighted by molar-refractivity contribution is 5.64. The zero-order valence-corrected chi connectivity index (χ0v) is 76.5. The minimum absolute atomic E-state index is 0.581. The molecule has 0 amide bonds. The van der Waals surface area contributed by atoms with Crippen molar-refractivity contribution >= 4 is 45.6 Å². The summed E-state index contributed by atoms with van der Waals surface area (Å²) in [6, 6.07) is 56.7. The molecule has 14 aliphatic rings. The van der Waals surface area contributed by atoms with Crippen LogP contribution in [0.2, 0.25) is 0 Å². The molecule has 126 heavy (non-hydrogen) atoms.